The maximum absolute atomic E-state index is 14.6. The van der Waals surface area contributed by atoms with Crippen LogP contribution in [-0.2, 0) is 9.53 Å². The maximum atomic E-state index is 14.6. The van der Waals surface area contributed by atoms with Crippen molar-refractivity contribution in [3.05, 3.63) is 35.7 Å². The van der Waals surface area contributed by atoms with Gasteiger partial charge in [-0.05, 0) is 47.9 Å². The van der Waals surface area contributed by atoms with Crippen molar-refractivity contribution >= 4 is 23.3 Å². The van der Waals surface area contributed by atoms with Crippen molar-refractivity contribution in [1.29, 1.82) is 0 Å². The number of aliphatic hydroxyl groups is 1. The molecule has 4 rings (SSSR count). The van der Waals surface area contributed by atoms with Gasteiger partial charge in [-0.1, -0.05) is 6.08 Å². The fourth-order valence-electron chi connectivity index (χ4n) is 4.05. The van der Waals surface area contributed by atoms with E-state index in [1.165, 1.54) is 17.9 Å². The molecule has 26 heavy (non-hydrogen) atoms. The van der Waals surface area contributed by atoms with Gasteiger partial charge in [-0.15, -0.1) is 0 Å². The van der Waals surface area contributed by atoms with Crippen LogP contribution in [0.3, 0.4) is 0 Å². The number of rotatable bonds is 5. The molecule has 0 unspecified atom stereocenters. The molecule has 4 atom stereocenters. The summed E-state index contributed by atoms with van der Waals surface area (Å²) < 4.78 is 19.8. The fraction of sp³-hybridized carbons (Fsp3) is 0.474. The van der Waals surface area contributed by atoms with E-state index in [-0.39, 0.29) is 31.4 Å². The number of benzene rings is 1. The lowest BCUT2D eigenvalue weighted by atomic mass is 10.00. The number of amides is 2. The highest BCUT2D eigenvalue weighted by Gasteiger charge is 2.51. The lowest BCUT2D eigenvalue weighted by molar-refractivity contribution is -0.119. The van der Waals surface area contributed by atoms with Crippen molar-refractivity contribution in [2.45, 2.75) is 19.4 Å². The highest BCUT2D eigenvalue weighted by Crippen LogP contribution is 2.57. The molecule has 0 bridgehead atoms. The number of nitrogens with one attached hydrogen (secondary N) is 1. The molecule has 2 amide bonds. The zero-order chi connectivity index (χ0) is 18.4. The van der Waals surface area contributed by atoms with E-state index in [0.717, 1.165) is 12.0 Å². The van der Waals surface area contributed by atoms with Gasteiger partial charge in [0.15, 0.2) is 0 Å². The first kappa shape index (κ1) is 17.0. The fourth-order valence-corrected chi connectivity index (χ4v) is 4.05. The zero-order valence-corrected chi connectivity index (χ0v) is 14.4. The zero-order valence-electron chi connectivity index (χ0n) is 14.4. The maximum Gasteiger partial charge on any atom is 0.414 e. The standard InChI is InChI=1S/C19H21FN2O4/c1-10(24)21-7-13-8-22(19(25)26-13)12-2-3-14(18(20)6-12)11-4-15-16(5-11)17(15)9-23/h2-4,6,13,15-17,23H,5,7-9H2,1H3,(H,21,24)/t13-,15+,16-,17-/m0/s1. The highest BCUT2D eigenvalue weighted by molar-refractivity contribution is 5.90. The van der Waals surface area contributed by atoms with Crippen LogP contribution in [-0.4, -0.2) is 42.9 Å². The van der Waals surface area contributed by atoms with Crippen molar-refractivity contribution < 1.29 is 23.8 Å². The van der Waals surface area contributed by atoms with E-state index < -0.39 is 12.2 Å². The predicted molar refractivity (Wildman–Crippen MR) is 92.8 cm³/mol. The van der Waals surface area contributed by atoms with Crippen molar-refractivity contribution in [2.75, 3.05) is 24.6 Å². The third kappa shape index (κ3) is 2.96. The molecule has 7 heteroatoms. The summed E-state index contributed by atoms with van der Waals surface area (Å²) in [5.74, 6) is 0.588. The Morgan fingerprint density at radius 3 is 2.88 bits per heavy atom. The normalized spacial score (nSPS) is 29.3. The van der Waals surface area contributed by atoms with Crippen LogP contribution in [0.15, 0.2) is 24.3 Å². The van der Waals surface area contributed by atoms with Gasteiger partial charge in [-0.25, -0.2) is 9.18 Å². The molecule has 6 nitrogen and oxygen atoms in total. The first-order valence-electron chi connectivity index (χ1n) is 8.82. The summed E-state index contributed by atoms with van der Waals surface area (Å²) in [5, 5.41) is 11.8. The Labute approximate surface area is 150 Å². The Hall–Kier alpha value is -2.41. The van der Waals surface area contributed by atoms with Gasteiger partial charge in [0, 0.05) is 19.1 Å². The number of allylic oxidation sites excluding steroid dienone is 2. The van der Waals surface area contributed by atoms with Gasteiger partial charge in [0.05, 0.1) is 18.8 Å². The Morgan fingerprint density at radius 1 is 1.46 bits per heavy atom. The van der Waals surface area contributed by atoms with Crippen LogP contribution in [0.1, 0.15) is 18.9 Å². The largest absolute Gasteiger partial charge is 0.442 e. The molecular formula is C19H21FN2O4. The molecule has 1 aromatic carbocycles. The molecule has 1 aromatic rings. The number of cyclic esters (lactones) is 1. The summed E-state index contributed by atoms with van der Waals surface area (Å²) in [6, 6.07) is 4.77. The van der Waals surface area contributed by atoms with Crippen LogP contribution in [0, 0.1) is 23.6 Å². The first-order valence-corrected chi connectivity index (χ1v) is 8.82. The van der Waals surface area contributed by atoms with Crippen molar-refractivity contribution in [2.24, 2.45) is 17.8 Å². The summed E-state index contributed by atoms with van der Waals surface area (Å²) in [4.78, 5) is 24.4. The molecule has 0 aromatic heterocycles. The van der Waals surface area contributed by atoms with E-state index in [2.05, 4.69) is 11.4 Å². The average molecular weight is 360 g/mol. The molecular weight excluding hydrogens is 339 g/mol. The number of carbonyl (C=O) groups excluding carboxylic acids is 2. The summed E-state index contributed by atoms with van der Waals surface area (Å²) in [6.45, 7) is 2.09. The lowest BCUT2D eigenvalue weighted by Crippen LogP contribution is -2.33. The summed E-state index contributed by atoms with van der Waals surface area (Å²) >= 11 is 0. The second-order valence-corrected chi connectivity index (χ2v) is 7.20. The van der Waals surface area contributed by atoms with Crippen LogP contribution >= 0.6 is 0 Å². The second kappa shape index (κ2) is 6.39. The third-order valence-corrected chi connectivity index (χ3v) is 5.52. The van der Waals surface area contributed by atoms with Gasteiger partial charge < -0.3 is 15.2 Å². The summed E-state index contributed by atoms with van der Waals surface area (Å²) in [5.41, 5.74) is 1.97. The van der Waals surface area contributed by atoms with Crippen LogP contribution in [0.5, 0.6) is 0 Å². The van der Waals surface area contributed by atoms with Gasteiger partial charge >= 0.3 is 6.09 Å². The minimum absolute atomic E-state index is 0.192. The SMILES string of the molecule is CC(=O)NC[C@H]1CN(c2ccc(C3=C[C@H]4[C@H](CO)[C@H]4C3)c(F)c2)C(=O)O1. The Morgan fingerprint density at radius 2 is 2.27 bits per heavy atom. The van der Waals surface area contributed by atoms with Crippen LogP contribution in [0.25, 0.3) is 5.57 Å². The molecule has 0 spiro atoms. The molecule has 138 valence electrons. The van der Waals surface area contributed by atoms with Crippen molar-refractivity contribution in [1.82, 2.24) is 5.32 Å². The molecule has 2 aliphatic carbocycles. The quantitative estimate of drug-likeness (QED) is 0.841. The van der Waals surface area contributed by atoms with Crippen LogP contribution < -0.4 is 10.2 Å². The monoisotopic (exact) mass is 360 g/mol. The smallest absolute Gasteiger partial charge is 0.414 e. The van der Waals surface area contributed by atoms with Gasteiger partial charge in [0.1, 0.15) is 11.9 Å². The summed E-state index contributed by atoms with van der Waals surface area (Å²) in [6.07, 6.45) is 1.86. The minimum atomic E-state index is -0.542. The lowest BCUT2D eigenvalue weighted by Gasteiger charge is -2.15. The van der Waals surface area contributed by atoms with E-state index in [0.29, 0.717) is 29.0 Å². The van der Waals surface area contributed by atoms with E-state index in [9.17, 15) is 19.1 Å². The van der Waals surface area contributed by atoms with Crippen LogP contribution in [0.2, 0.25) is 0 Å². The number of anilines is 1. The molecule has 1 aliphatic heterocycles. The average Bonchev–Trinajstić information content (AvgIpc) is 2.93. The number of carbonyl (C=O) groups is 2. The molecule has 1 saturated heterocycles. The Bertz CT molecular complexity index is 794. The van der Waals surface area contributed by atoms with E-state index in [1.807, 2.05) is 0 Å². The molecule has 1 heterocycles. The molecule has 2 fully saturated rings. The van der Waals surface area contributed by atoms with Gasteiger partial charge in [0.2, 0.25) is 5.91 Å². The number of hydrogen-bond donors (Lipinski definition) is 2. The van der Waals surface area contributed by atoms with Crippen molar-refractivity contribution in [3.8, 4) is 0 Å². The van der Waals surface area contributed by atoms with Gasteiger partial charge in [-0.3, -0.25) is 9.69 Å². The topological polar surface area (TPSA) is 78.9 Å². The highest BCUT2D eigenvalue weighted by atomic mass is 19.1. The van der Waals surface area contributed by atoms with E-state index in [4.69, 9.17) is 4.74 Å². The minimum Gasteiger partial charge on any atom is -0.442 e. The molecule has 3 aliphatic rings. The van der Waals surface area contributed by atoms with E-state index in [1.54, 1.807) is 12.1 Å². The van der Waals surface area contributed by atoms with Crippen LogP contribution in [0.4, 0.5) is 14.9 Å². The van der Waals surface area contributed by atoms with Gasteiger partial charge in [0.25, 0.3) is 0 Å². The number of aliphatic hydroxyl groups excluding tert-OH is 1. The Balaban J connectivity index is 1.46. The molecule has 0 radical (unpaired) electrons. The van der Waals surface area contributed by atoms with Gasteiger partial charge in [-0.2, -0.15) is 0 Å². The number of ether oxygens (including phenoxy) is 1. The Kier molecular flexibility index (Phi) is 4.19. The predicted octanol–water partition coefficient (Wildman–Crippen LogP) is 1.93. The number of hydrogen-bond acceptors (Lipinski definition) is 4. The molecule has 2 N–H and O–H groups in total. The summed E-state index contributed by atoms with van der Waals surface area (Å²) in [7, 11) is 0. The third-order valence-electron chi connectivity index (χ3n) is 5.52. The van der Waals surface area contributed by atoms with E-state index >= 15 is 0 Å². The van der Waals surface area contributed by atoms with Crippen molar-refractivity contribution in [3.63, 3.8) is 0 Å². The number of fused-ring (bicyclic) bond motifs is 1. The first-order chi connectivity index (χ1) is 12.5. The number of nitrogens with zero attached hydrogens (tertiary/aromatic N) is 1. The molecule has 1 saturated carbocycles. The number of halogens is 1. The second-order valence-electron chi connectivity index (χ2n) is 7.20.